The predicted octanol–water partition coefficient (Wildman–Crippen LogP) is 3.49. The minimum absolute atomic E-state index is 0.0548. The van der Waals surface area contributed by atoms with Gasteiger partial charge < -0.3 is 26.0 Å². The Morgan fingerprint density at radius 2 is 2.08 bits per heavy atom. The molecule has 1 aliphatic carbocycles. The Hall–Kier alpha value is -2.95. The molecule has 0 spiro atoms. The van der Waals surface area contributed by atoms with Crippen LogP contribution in [0.4, 0.5) is 10.2 Å². The standard InChI is InChI=1S/C25H31ClFN5O4/c1-12(2)36-21-14(25(4,35)24-30-13(3)20-22(28)29-9-10-32(20)24)11-15(26)19(27)18(21)23(34)31-16-7-5-6-8-17(16)33/h9-12,16-17,33,35H,5-8H2,1-4H3,(H2,28,29)(H,31,34)/t16-,17+,25?/m0/s1. The van der Waals surface area contributed by atoms with Crippen LogP contribution in [0.15, 0.2) is 18.5 Å². The first kappa shape index (κ1) is 26.1. The van der Waals surface area contributed by atoms with Gasteiger partial charge in [-0.2, -0.15) is 0 Å². The van der Waals surface area contributed by atoms with Gasteiger partial charge in [0.15, 0.2) is 5.82 Å². The summed E-state index contributed by atoms with van der Waals surface area (Å²) in [6, 6.07) is 0.705. The van der Waals surface area contributed by atoms with E-state index in [2.05, 4.69) is 15.3 Å². The Morgan fingerprint density at radius 3 is 2.75 bits per heavy atom. The molecule has 1 saturated carbocycles. The lowest BCUT2D eigenvalue weighted by Crippen LogP contribution is -2.45. The summed E-state index contributed by atoms with van der Waals surface area (Å²) in [6.45, 7) is 6.63. The number of nitrogens with one attached hydrogen (secondary N) is 1. The molecule has 1 aromatic carbocycles. The van der Waals surface area contributed by atoms with Crippen molar-refractivity contribution in [2.24, 2.45) is 0 Å². The number of aromatic nitrogens is 3. The van der Waals surface area contributed by atoms with Crippen LogP contribution < -0.4 is 15.8 Å². The molecule has 0 bridgehead atoms. The molecule has 3 aromatic rings. The zero-order valence-corrected chi connectivity index (χ0v) is 21.4. The molecule has 194 valence electrons. The zero-order valence-electron chi connectivity index (χ0n) is 20.7. The third-order valence-electron chi connectivity index (χ3n) is 6.52. The van der Waals surface area contributed by atoms with Gasteiger partial charge >= 0.3 is 0 Å². The Balaban J connectivity index is 1.90. The molecule has 1 fully saturated rings. The van der Waals surface area contributed by atoms with E-state index >= 15 is 4.39 Å². The van der Waals surface area contributed by atoms with Gasteiger partial charge in [0.25, 0.3) is 5.91 Å². The van der Waals surface area contributed by atoms with Crippen LogP contribution in [0.3, 0.4) is 0 Å². The van der Waals surface area contributed by atoms with E-state index in [1.807, 2.05) is 0 Å². The number of aryl methyl sites for hydroxylation is 1. The largest absolute Gasteiger partial charge is 0.490 e. The number of benzene rings is 1. The number of ether oxygens (including phenoxy) is 1. The highest BCUT2D eigenvalue weighted by molar-refractivity contribution is 6.31. The van der Waals surface area contributed by atoms with Crippen molar-refractivity contribution in [1.82, 2.24) is 19.7 Å². The number of carbonyl (C=O) groups is 1. The second-order valence-corrected chi connectivity index (χ2v) is 10.1. The van der Waals surface area contributed by atoms with E-state index in [-0.39, 0.29) is 28.0 Å². The number of aliphatic hydroxyl groups is 2. The molecule has 1 amide bonds. The topological polar surface area (TPSA) is 135 Å². The average Bonchev–Trinajstić information content (AvgIpc) is 3.16. The van der Waals surface area contributed by atoms with Crippen LogP contribution in [0.5, 0.6) is 5.75 Å². The number of aliphatic hydroxyl groups excluding tert-OH is 1. The second kappa shape index (κ2) is 9.84. The number of hydrogen-bond acceptors (Lipinski definition) is 7. The molecule has 5 N–H and O–H groups in total. The number of anilines is 1. The molecule has 4 rings (SSSR count). The summed E-state index contributed by atoms with van der Waals surface area (Å²) < 4.78 is 23.0. The quantitative estimate of drug-likeness (QED) is 0.391. The molecular formula is C25H31ClFN5O4. The second-order valence-electron chi connectivity index (χ2n) is 9.65. The first-order chi connectivity index (χ1) is 16.9. The third kappa shape index (κ3) is 4.60. The Morgan fingerprint density at radius 1 is 1.39 bits per heavy atom. The van der Waals surface area contributed by atoms with Crippen molar-refractivity contribution in [3.05, 3.63) is 51.9 Å². The van der Waals surface area contributed by atoms with E-state index < -0.39 is 41.1 Å². The zero-order chi connectivity index (χ0) is 26.4. The first-order valence-electron chi connectivity index (χ1n) is 11.9. The maximum Gasteiger partial charge on any atom is 0.258 e. The molecule has 11 heteroatoms. The molecular weight excluding hydrogens is 489 g/mol. The fourth-order valence-corrected chi connectivity index (χ4v) is 4.96. The number of rotatable bonds is 6. The summed E-state index contributed by atoms with van der Waals surface area (Å²) in [5.74, 6) is -1.53. The summed E-state index contributed by atoms with van der Waals surface area (Å²) in [6.07, 6.45) is 4.66. The lowest BCUT2D eigenvalue weighted by molar-refractivity contribution is 0.0703. The summed E-state index contributed by atoms with van der Waals surface area (Å²) in [5, 5.41) is 24.6. The fourth-order valence-electron chi connectivity index (χ4n) is 4.76. The predicted molar refractivity (Wildman–Crippen MR) is 134 cm³/mol. The summed E-state index contributed by atoms with van der Waals surface area (Å²) >= 11 is 6.26. The molecule has 0 radical (unpaired) electrons. The third-order valence-corrected chi connectivity index (χ3v) is 6.79. The minimum atomic E-state index is -1.88. The highest BCUT2D eigenvalue weighted by Crippen LogP contribution is 2.42. The number of amides is 1. The fraction of sp³-hybridized carbons (Fsp3) is 0.480. The van der Waals surface area contributed by atoms with E-state index in [0.29, 0.717) is 24.1 Å². The van der Waals surface area contributed by atoms with Crippen LogP contribution in [0.25, 0.3) is 5.52 Å². The van der Waals surface area contributed by atoms with Crippen LogP contribution in [0.1, 0.15) is 73.9 Å². The molecule has 2 aromatic heterocycles. The van der Waals surface area contributed by atoms with Gasteiger partial charge in [0, 0.05) is 18.0 Å². The number of hydrogen-bond donors (Lipinski definition) is 4. The molecule has 36 heavy (non-hydrogen) atoms. The SMILES string of the molecule is Cc1nc(C(C)(O)c2cc(Cl)c(F)c(C(=O)N[C@H]3CCCC[C@H]3O)c2OC(C)C)n2ccnc(N)c12. The first-order valence-corrected chi connectivity index (χ1v) is 12.3. The summed E-state index contributed by atoms with van der Waals surface area (Å²) in [7, 11) is 0. The highest BCUT2D eigenvalue weighted by Gasteiger charge is 2.39. The van der Waals surface area contributed by atoms with Crippen molar-refractivity contribution in [1.29, 1.82) is 0 Å². The van der Waals surface area contributed by atoms with Crippen molar-refractivity contribution >= 4 is 28.8 Å². The van der Waals surface area contributed by atoms with E-state index in [0.717, 1.165) is 12.8 Å². The van der Waals surface area contributed by atoms with Gasteiger partial charge in [-0.25, -0.2) is 14.4 Å². The maximum atomic E-state index is 15.4. The van der Waals surface area contributed by atoms with Gasteiger partial charge in [0.1, 0.15) is 34.1 Å². The molecule has 9 nitrogen and oxygen atoms in total. The lowest BCUT2D eigenvalue weighted by Gasteiger charge is -2.30. The van der Waals surface area contributed by atoms with Crippen LogP contribution in [0.2, 0.25) is 5.02 Å². The van der Waals surface area contributed by atoms with E-state index in [9.17, 15) is 15.0 Å². The number of nitrogens with zero attached hydrogens (tertiary/aromatic N) is 3. The van der Waals surface area contributed by atoms with Gasteiger partial charge in [0.2, 0.25) is 0 Å². The van der Waals surface area contributed by atoms with Gasteiger partial charge in [0.05, 0.1) is 29.0 Å². The number of nitrogen functional groups attached to an aromatic ring is 1. The Bertz CT molecular complexity index is 1310. The Labute approximate surface area is 213 Å². The van der Waals surface area contributed by atoms with Crippen LogP contribution >= 0.6 is 11.6 Å². The molecule has 0 aliphatic heterocycles. The van der Waals surface area contributed by atoms with E-state index in [4.69, 9.17) is 22.1 Å². The highest BCUT2D eigenvalue weighted by atomic mass is 35.5. The van der Waals surface area contributed by atoms with Crippen molar-refractivity contribution in [3.8, 4) is 5.75 Å². The van der Waals surface area contributed by atoms with Gasteiger partial charge in [-0.05, 0) is 46.6 Å². The minimum Gasteiger partial charge on any atom is -0.490 e. The number of nitrogens with two attached hydrogens (primary N) is 1. The Kier molecular flexibility index (Phi) is 7.14. The smallest absolute Gasteiger partial charge is 0.258 e. The van der Waals surface area contributed by atoms with E-state index in [1.165, 1.54) is 19.2 Å². The molecule has 1 aliphatic rings. The van der Waals surface area contributed by atoms with Gasteiger partial charge in [-0.15, -0.1) is 0 Å². The average molecular weight is 520 g/mol. The molecule has 1 unspecified atom stereocenters. The monoisotopic (exact) mass is 519 g/mol. The van der Waals surface area contributed by atoms with Crippen molar-refractivity contribution in [2.75, 3.05) is 5.73 Å². The van der Waals surface area contributed by atoms with Gasteiger partial charge in [-0.1, -0.05) is 24.4 Å². The molecule has 0 saturated heterocycles. The molecule has 2 heterocycles. The van der Waals surface area contributed by atoms with Crippen LogP contribution in [-0.4, -0.2) is 48.7 Å². The lowest BCUT2D eigenvalue weighted by atomic mass is 9.90. The van der Waals surface area contributed by atoms with Crippen LogP contribution in [-0.2, 0) is 5.60 Å². The number of halogens is 2. The van der Waals surface area contributed by atoms with E-state index in [1.54, 1.807) is 31.4 Å². The van der Waals surface area contributed by atoms with Gasteiger partial charge in [-0.3, -0.25) is 9.20 Å². The van der Waals surface area contributed by atoms with Crippen molar-refractivity contribution < 1.29 is 24.1 Å². The van der Waals surface area contributed by atoms with Crippen molar-refractivity contribution in [3.63, 3.8) is 0 Å². The number of fused-ring (bicyclic) bond motifs is 1. The van der Waals surface area contributed by atoms with Crippen molar-refractivity contribution in [2.45, 2.75) is 77.2 Å². The summed E-state index contributed by atoms with van der Waals surface area (Å²) in [5.41, 5.74) is 4.80. The normalized spacial score (nSPS) is 19.9. The maximum absolute atomic E-state index is 15.4. The summed E-state index contributed by atoms with van der Waals surface area (Å²) in [4.78, 5) is 22.0. The number of carbonyl (C=O) groups excluding carboxylic acids is 1. The molecule has 3 atom stereocenters. The number of imidazole rings is 1. The van der Waals surface area contributed by atoms with Crippen LogP contribution in [0, 0.1) is 12.7 Å².